The van der Waals surface area contributed by atoms with E-state index < -0.39 is 0 Å². The Morgan fingerprint density at radius 2 is 2.58 bits per heavy atom. The highest BCUT2D eigenvalue weighted by atomic mass is 35.5. The summed E-state index contributed by atoms with van der Waals surface area (Å²) in [4.78, 5) is 0. The lowest BCUT2D eigenvalue weighted by molar-refractivity contribution is 0.546. The van der Waals surface area contributed by atoms with Crippen molar-refractivity contribution >= 4 is 17.4 Å². The predicted molar refractivity (Wildman–Crippen MR) is 48.5 cm³/mol. The lowest BCUT2D eigenvalue weighted by atomic mass is 10.2. The van der Waals surface area contributed by atoms with E-state index in [1.54, 1.807) is 10.9 Å². The van der Waals surface area contributed by atoms with Gasteiger partial charge < -0.3 is 5.73 Å². The van der Waals surface area contributed by atoms with Gasteiger partial charge in [-0.1, -0.05) is 18.5 Å². The van der Waals surface area contributed by atoms with E-state index in [9.17, 15) is 0 Å². The Morgan fingerprint density at radius 3 is 2.92 bits per heavy atom. The monoisotopic (exact) mass is 186 g/mol. The highest BCUT2D eigenvalue weighted by Crippen LogP contribution is 2.13. The maximum absolute atomic E-state index is 7.27. The standard InChI is InChI=1S/C7H11ClN4/c1-2-6(7(9)10)12-4-5(8)3-11-12/h3-4,6H,2H2,1H3,(H3,9,10). The SMILES string of the molecule is CCC(C(=N)N)n1cc(Cl)cn1. The lowest BCUT2D eigenvalue weighted by Gasteiger charge is -2.12. The number of rotatable bonds is 3. The molecule has 0 saturated heterocycles. The molecule has 1 atom stereocenters. The van der Waals surface area contributed by atoms with Crippen LogP contribution in [-0.4, -0.2) is 15.6 Å². The topological polar surface area (TPSA) is 67.7 Å². The maximum Gasteiger partial charge on any atom is 0.116 e. The van der Waals surface area contributed by atoms with Gasteiger partial charge in [-0.2, -0.15) is 5.10 Å². The number of nitrogens with one attached hydrogen (secondary N) is 1. The van der Waals surface area contributed by atoms with E-state index in [-0.39, 0.29) is 11.9 Å². The Morgan fingerprint density at radius 1 is 1.92 bits per heavy atom. The normalized spacial score (nSPS) is 12.8. The van der Waals surface area contributed by atoms with Crippen LogP contribution in [0.3, 0.4) is 0 Å². The Balaban J connectivity index is 2.87. The lowest BCUT2D eigenvalue weighted by Crippen LogP contribution is -2.25. The van der Waals surface area contributed by atoms with E-state index in [2.05, 4.69) is 5.10 Å². The maximum atomic E-state index is 7.27. The molecule has 0 saturated carbocycles. The van der Waals surface area contributed by atoms with Crippen molar-refractivity contribution in [1.29, 1.82) is 5.41 Å². The molecule has 1 aromatic rings. The van der Waals surface area contributed by atoms with Crippen LogP contribution < -0.4 is 5.73 Å². The Hall–Kier alpha value is -1.03. The minimum Gasteiger partial charge on any atom is -0.386 e. The second kappa shape index (κ2) is 3.58. The summed E-state index contributed by atoms with van der Waals surface area (Å²) in [5, 5.41) is 11.8. The van der Waals surface area contributed by atoms with E-state index in [0.29, 0.717) is 5.02 Å². The first kappa shape index (κ1) is 9.06. The zero-order valence-electron chi connectivity index (χ0n) is 6.79. The second-order valence-electron chi connectivity index (χ2n) is 2.52. The third-order valence-corrected chi connectivity index (χ3v) is 1.83. The Bertz CT molecular complexity index is 281. The molecule has 12 heavy (non-hydrogen) atoms. The summed E-state index contributed by atoms with van der Waals surface area (Å²) in [6.45, 7) is 1.95. The number of halogens is 1. The van der Waals surface area contributed by atoms with Gasteiger partial charge in [0, 0.05) is 6.20 Å². The second-order valence-corrected chi connectivity index (χ2v) is 2.95. The van der Waals surface area contributed by atoms with Crippen LogP contribution in [0.4, 0.5) is 0 Å². The van der Waals surface area contributed by atoms with Crippen molar-refractivity contribution in [1.82, 2.24) is 9.78 Å². The molecule has 0 spiro atoms. The zero-order valence-corrected chi connectivity index (χ0v) is 7.54. The highest BCUT2D eigenvalue weighted by molar-refractivity contribution is 6.30. The molecule has 1 unspecified atom stereocenters. The van der Waals surface area contributed by atoms with Crippen LogP contribution in [0, 0.1) is 5.41 Å². The molecule has 0 amide bonds. The van der Waals surface area contributed by atoms with Gasteiger partial charge in [-0.25, -0.2) is 0 Å². The molecule has 0 aromatic carbocycles. The molecule has 0 fully saturated rings. The molecule has 4 nitrogen and oxygen atoms in total. The minimum atomic E-state index is -0.169. The van der Waals surface area contributed by atoms with E-state index in [4.69, 9.17) is 22.7 Å². The average molecular weight is 187 g/mol. The fraction of sp³-hybridized carbons (Fsp3) is 0.429. The van der Waals surface area contributed by atoms with Crippen molar-refractivity contribution in [2.75, 3.05) is 0 Å². The Labute approximate surface area is 75.8 Å². The van der Waals surface area contributed by atoms with Gasteiger partial charge in [0.2, 0.25) is 0 Å². The molecule has 0 radical (unpaired) electrons. The molecule has 0 aliphatic carbocycles. The van der Waals surface area contributed by atoms with Gasteiger partial charge in [0.1, 0.15) is 11.9 Å². The summed E-state index contributed by atoms with van der Waals surface area (Å²) < 4.78 is 1.60. The van der Waals surface area contributed by atoms with Crippen molar-refractivity contribution in [3.8, 4) is 0 Å². The number of nitrogens with two attached hydrogens (primary N) is 1. The van der Waals surface area contributed by atoms with Crippen molar-refractivity contribution < 1.29 is 0 Å². The van der Waals surface area contributed by atoms with Crippen molar-refractivity contribution in [3.63, 3.8) is 0 Å². The molecule has 5 heteroatoms. The fourth-order valence-corrected chi connectivity index (χ4v) is 1.18. The molecule has 3 N–H and O–H groups in total. The average Bonchev–Trinajstić information content (AvgIpc) is 2.37. The number of aromatic nitrogens is 2. The first-order chi connectivity index (χ1) is 5.65. The number of hydrogen-bond acceptors (Lipinski definition) is 2. The van der Waals surface area contributed by atoms with Gasteiger partial charge >= 0.3 is 0 Å². The Kier molecular flexibility index (Phi) is 2.70. The molecule has 0 aliphatic heterocycles. The summed E-state index contributed by atoms with van der Waals surface area (Å²) in [5.41, 5.74) is 5.37. The number of amidine groups is 1. The third kappa shape index (κ3) is 1.76. The molecule has 66 valence electrons. The van der Waals surface area contributed by atoms with Crippen LogP contribution in [0.2, 0.25) is 5.02 Å². The summed E-state index contributed by atoms with van der Waals surface area (Å²) in [5.74, 6) is 0.109. The van der Waals surface area contributed by atoms with Crippen molar-refractivity contribution in [2.24, 2.45) is 5.73 Å². The minimum absolute atomic E-state index is 0.109. The number of nitrogens with zero attached hydrogens (tertiary/aromatic N) is 2. The molecule has 1 aromatic heterocycles. The van der Waals surface area contributed by atoms with Crippen molar-refractivity contribution in [2.45, 2.75) is 19.4 Å². The van der Waals surface area contributed by atoms with E-state index >= 15 is 0 Å². The first-order valence-electron chi connectivity index (χ1n) is 3.68. The quantitative estimate of drug-likeness (QED) is 0.554. The first-order valence-corrected chi connectivity index (χ1v) is 4.06. The van der Waals surface area contributed by atoms with E-state index in [1.165, 1.54) is 6.20 Å². The molecule has 1 heterocycles. The third-order valence-electron chi connectivity index (χ3n) is 1.64. The highest BCUT2D eigenvalue weighted by Gasteiger charge is 2.12. The van der Waals surface area contributed by atoms with Crippen LogP contribution in [-0.2, 0) is 0 Å². The van der Waals surface area contributed by atoms with Crippen LogP contribution in [0.15, 0.2) is 12.4 Å². The van der Waals surface area contributed by atoms with E-state index in [1.807, 2.05) is 6.92 Å². The van der Waals surface area contributed by atoms with Gasteiger partial charge in [-0.3, -0.25) is 10.1 Å². The van der Waals surface area contributed by atoms with Gasteiger partial charge in [0.05, 0.1) is 11.2 Å². The van der Waals surface area contributed by atoms with Gasteiger partial charge in [-0.05, 0) is 6.42 Å². The summed E-state index contributed by atoms with van der Waals surface area (Å²) in [6, 6.07) is -0.169. The van der Waals surface area contributed by atoms with Crippen LogP contribution in [0.1, 0.15) is 19.4 Å². The molecular weight excluding hydrogens is 176 g/mol. The van der Waals surface area contributed by atoms with Crippen molar-refractivity contribution in [3.05, 3.63) is 17.4 Å². The summed E-state index contributed by atoms with van der Waals surface area (Å²) in [6.07, 6.45) is 3.94. The summed E-state index contributed by atoms with van der Waals surface area (Å²) in [7, 11) is 0. The molecule has 1 rings (SSSR count). The molecule has 0 bridgehead atoms. The van der Waals surface area contributed by atoms with Crippen LogP contribution in [0.25, 0.3) is 0 Å². The van der Waals surface area contributed by atoms with E-state index in [0.717, 1.165) is 6.42 Å². The zero-order chi connectivity index (χ0) is 9.14. The fourth-order valence-electron chi connectivity index (χ4n) is 1.03. The summed E-state index contributed by atoms with van der Waals surface area (Å²) >= 11 is 5.67. The molecular formula is C7H11ClN4. The van der Waals surface area contributed by atoms with Gasteiger partial charge in [0.15, 0.2) is 0 Å². The smallest absolute Gasteiger partial charge is 0.116 e. The molecule has 0 aliphatic rings. The largest absolute Gasteiger partial charge is 0.386 e. The van der Waals surface area contributed by atoms with Crippen LogP contribution >= 0.6 is 11.6 Å². The predicted octanol–water partition coefficient (Wildman–Crippen LogP) is 1.42. The van der Waals surface area contributed by atoms with Gasteiger partial charge in [-0.15, -0.1) is 0 Å². The van der Waals surface area contributed by atoms with Crippen LogP contribution in [0.5, 0.6) is 0 Å². The number of hydrogen-bond donors (Lipinski definition) is 2. The van der Waals surface area contributed by atoms with Gasteiger partial charge in [0.25, 0.3) is 0 Å².